The summed E-state index contributed by atoms with van der Waals surface area (Å²) in [6, 6.07) is 29.7. The molecule has 5 aromatic carbocycles. The molecule has 86 heavy (non-hydrogen) atoms. The van der Waals surface area contributed by atoms with Crippen molar-refractivity contribution in [1.29, 1.82) is 0 Å². The third-order valence-electron chi connectivity index (χ3n) is 15.6. The monoisotopic (exact) mass is 1220 g/mol. The van der Waals surface area contributed by atoms with E-state index in [0.29, 0.717) is 54.8 Å². The van der Waals surface area contributed by atoms with E-state index in [-0.39, 0.29) is 83.9 Å². The number of hydrogen-bond donors (Lipinski definition) is 3. The number of benzene rings is 5. The normalized spacial score (nSPS) is 21.7. The van der Waals surface area contributed by atoms with Gasteiger partial charge in [-0.25, -0.2) is 4.79 Å². The minimum atomic E-state index is -5.03. The molecule has 0 unspecified atom stereocenters. The standard InChI is InChI=1S/C33H32F6N4O4.C25H26F6N4O2.2CH4/c1-23(25-14-27(32(34,35)36)16-28(15-25)33(37,38)39)47-20-31(26-10-6-3-7-11-26)13-12-30(19-44,42-21-40-41-22-42)18-43(31)29(45)46-17-24-8-4-2-5-9-24;1-17(18-9-20(24(26,27)28)11-21(10-18)25(29,30)31)37-14-23(19-5-3-2-4-6-19)8-7-22(13-36,12-32-23)35-15-33-34-16-35;;/h2-11,14-16,21-23,44H,12-13,17-20H2,1H3;2-6,9-11,15-17,32,36H,7-8,12-14H2,1H3;2*1H4/t23-,30-,31-;17-,22-,23-;;/m11../s1. The average Bonchev–Trinajstić information content (AvgIpc) is 1.99. The maximum atomic E-state index is 14.0. The molecule has 0 aliphatic carbocycles. The summed E-state index contributed by atoms with van der Waals surface area (Å²) in [6.07, 6.45) is -15.8. The van der Waals surface area contributed by atoms with E-state index in [1.54, 1.807) is 63.7 Å². The van der Waals surface area contributed by atoms with Gasteiger partial charge in [0.25, 0.3) is 0 Å². The molecule has 0 saturated carbocycles. The number of hydrogen-bond acceptors (Lipinski definition) is 11. The summed E-state index contributed by atoms with van der Waals surface area (Å²) in [6.45, 7) is 1.95. The summed E-state index contributed by atoms with van der Waals surface area (Å²) in [7, 11) is 0. The number of carbonyl (C=O) groups is 1. The molecule has 9 rings (SSSR count). The highest BCUT2D eigenvalue weighted by Gasteiger charge is 2.53. The van der Waals surface area contributed by atoms with Crippen LogP contribution in [0, 0.1) is 0 Å². The topological polar surface area (TPSA) is 162 Å². The van der Waals surface area contributed by atoms with Gasteiger partial charge in [-0.1, -0.05) is 106 Å². The molecular weight excluding hydrogens is 1160 g/mol. The van der Waals surface area contributed by atoms with Crippen molar-refractivity contribution < 1.29 is 81.9 Å². The Labute approximate surface area is 488 Å². The van der Waals surface area contributed by atoms with Crippen molar-refractivity contribution in [3.05, 3.63) is 203 Å². The van der Waals surface area contributed by atoms with E-state index in [0.717, 1.165) is 5.56 Å². The predicted octanol–water partition coefficient (Wildman–Crippen LogP) is 13.4. The molecule has 0 radical (unpaired) electrons. The molecule has 1 amide bonds. The lowest BCUT2D eigenvalue weighted by atomic mass is 9.74. The third kappa shape index (κ3) is 15.2. The van der Waals surface area contributed by atoms with Crippen LogP contribution in [0.15, 0.2) is 153 Å². The summed E-state index contributed by atoms with van der Waals surface area (Å²) in [5, 5.41) is 39.6. The number of piperidine rings is 2. The zero-order valence-corrected chi connectivity index (χ0v) is 45.1. The summed E-state index contributed by atoms with van der Waals surface area (Å²) in [5.74, 6) is 0. The number of rotatable bonds is 16. The number of halogens is 12. The van der Waals surface area contributed by atoms with Crippen molar-refractivity contribution in [2.45, 2.75) is 120 Å². The molecule has 2 aromatic heterocycles. The van der Waals surface area contributed by atoms with Crippen LogP contribution in [-0.2, 0) is 67.7 Å². The third-order valence-corrected chi connectivity index (χ3v) is 15.6. The zero-order valence-electron chi connectivity index (χ0n) is 45.1. The molecule has 2 fully saturated rings. The number of aliphatic hydroxyl groups is 2. The fraction of sp³-hybridized carbons (Fsp3) is 0.417. The van der Waals surface area contributed by atoms with Crippen molar-refractivity contribution >= 4 is 6.09 Å². The molecule has 2 aliphatic rings. The van der Waals surface area contributed by atoms with Gasteiger partial charge in [-0.2, -0.15) is 52.7 Å². The Bertz CT molecular complexity index is 3170. The zero-order chi connectivity index (χ0) is 60.8. The molecule has 0 spiro atoms. The van der Waals surface area contributed by atoms with Crippen LogP contribution in [0.1, 0.15) is 117 Å². The summed E-state index contributed by atoms with van der Waals surface area (Å²) in [5.41, 5.74) is -7.97. The Kier molecular flexibility index (Phi) is 21.4. The Morgan fingerprint density at radius 1 is 0.547 bits per heavy atom. The summed E-state index contributed by atoms with van der Waals surface area (Å²) < 4.78 is 183. The van der Waals surface area contributed by atoms with E-state index in [1.807, 2.05) is 36.4 Å². The maximum Gasteiger partial charge on any atom is 0.416 e. The SMILES string of the molecule is C.C.C[C@@H](OC[C@@]1(c2ccccc2)CC[C@@](CO)(n2cnnc2)CN1)c1cc(C(F)(F)F)cc(C(F)(F)F)c1.C[C@@H](OC[C@@]1(c2ccccc2)CC[C@@](CO)(n2cnnc2)CN1C(=O)OCc1ccccc1)c1cc(C(F)(F)F)cc(C(F)(F)F)c1. The first-order valence-corrected chi connectivity index (χ1v) is 26.2. The number of nitrogens with one attached hydrogen (secondary N) is 1. The van der Waals surface area contributed by atoms with Crippen molar-refractivity contribution in [2.24, 2.45) is 0 Å². The number of carbonyl (C=O) groups excluding carboxylic acids is 1. The number of aromatic nitrogens is 6. The number of nitrogens with zero attached hydrogens (tertiary/aromatic N) is 7. The number of alkyl halides is 12. The van der Waals surface area contributed by atoms with Crippen LogP contribution in [0.4, 0.5) is 57.5 Å². The molecular formula is C60H66F12N8O6. The quantitative estimate of drug-likeness (QED) is 0.0790. The Morgan fingerprint density at radius 2 is 0.942 bits per heavy atom. The molecule has 7 aromatic rings. The van der Waals surface area contributed by atoms with Gasteiger partial charge >= 0.3 is 30.8 Å². The highest BCUT2D eigenvalue weighted by Crippen LogP contribution is 2.47. The van der Waals surface area contributed by atoms with Gasteiger partial charge in [0.15, 0.2) is 0 Å². The van der Waals surface area contributed by atoms with Crippen LogP contribution in [0.3, 0.4) is 0 Å². The Morgan fingerprint density at radius 3 is 1.35 bits per heavy atom. The van der Waals surface area contributed by atoms with Gasteiger partial charge in [0.1, 0.15) is 31.9 Å². The van der Waals surface area contributed by atoms with Crippen molar-refractivity contribution in [3.8, 4) is 0 Å². The smallest absolute Gasteiger partial charge is 0.416 e. The predicted molar refractivity (Wildman–Crippen MR) is 291 cm³/mol. The lowest BCUT2D eigenvalue weighted by Gasteiger charge is -2.53. The Hall–Kier alpha value is -7.39. The highest BCUT2D eigenvalue weighted by atomic mass is 19.4. The van der Waals surface area contributed by atoms with E-state index in [4.69, 9.17) is 14.2 Å². The van der Waals surface area contributed by atoms with E-state index in [2.05, 4.69) is 25.7 Å². The van der Waals surface area contributed by atoms with Gasteiger partial charge in [-0.15, -0.1) is 20.4 Å². The summed E-state index contributed by atoms with van der Waals surface area (Å²) in [4.78, 5) is 15.4. The maximum absolute atomic E-state index is 14.0. The van der Waals surface area contributed by atoms with E-state index < -0.39 is 94.0 Å². The summed E-state index contributed by atoms with van der Waals surface area (Å²) >= 11 is 0. The first kappa shape index (κ1) is 67.7. The van der Waals surface area contributed by atoms with Crippen LogP contribution < -0.4 is 5.32 Å². The van der Waals surface area contributed by atoms with Crippen molar-refractivity contribution in [1.82, 2.24) is 39.7 Å². The average molecular weight is 1220 g/mol. The minimum absolute atomic E-state index is 0. The van der Waals surface area contributed by atoms with Gasteiger partial charge < -0.3 is 38.9 Å². The van der Waals surface area contributed by atoms with Crippen LogP contribution in [0.2, 0.25) is 0 Å². The minimum Gasteiger partial charge on any atom is -0.445 e. The first-order chi connectivity index (χ1) is 39.7. The number of likely N-dealkylation sites (tertiary alicyclic amines) is 1. The molecule has 4 heterocycles. The van der Waals surface area contributed by atoms with Crippen molar-refractivity contribution in [3.63, 3.8) is 0 Å². The van der Waals surface area contributed by atoms with Gasteiger partial charge in [-0.05, 0) is 104 Å². The van der Waals surface area contributed by atoms with Crippen LogP contribution in [0.5, 0.6) is 0 Å². The van der Waals surface area contributed by atoms with Crippen molar-refractivity contribution in [2.75, 3.05) is 39.5 Å². The van der Waals surface area contributed by atoms with Crippen LogP contribution in [-0.4, -0.2) is 90.3 Å². The fourth-order valence-corrected chi connectivity index (χ4v) is 10.5. The lowest BCUT2D eigenvalue weighted by Crippen LogP contribution is -2.63. The molecule has 3 N–H and O–H groups in total. The lowest BCUT2D eigenvalue weighted by molar-refractivity contribution is -0.145. The Balaban J connectivity index is 0.000000276. The highest BCUT2D eigenvalue weighted by molar-refractivity contribution is 5.70. The second-order valence-electron chi connectivity index (χ2n) is 20.9. The van der Waals surface area contributed by atoms with Gasteiger partial charge in [0.05, 0.1) is 89.6 Å². The van der Waals surface area contributed by atoms with E-state index >= 15 is 0 Å². The van der Waals surface area contributed by atoms with Gasteiger partial charge in [-0.3, -0.25) is 4.90 Å². The van der Waals surface area contributed by atoms with E-state index in [1.165, 1.54) is 44.1 Å². The van der Waals surface area contributed by atoms with E-state index in [9.17, 15) is 67.7 Å². The van der Waals surface area contributed by atoms with Crippen LogP contribution in [0.25, 0.3) is 0 Å². The number of ether oxygens (including phenoxy) is 3. The molecule has 26 heteroatoms. The number of aliphatic hydroxyl groups excluding tert-OH is 2. The first-order valence-electron chi connectivity index (χ1n) is 26.2. The van der Waals surface area contributed by atoms with Gasteiger partial charge in [0, 0.05) is 6.54 Å². The largest absolute Gasteiger partial charge is 0.445 e. The second-order valence-corrected chi connectivity index (χ2v) is 20.9. The molecule has 0 bridgehead atoms. The molecule has 466 valence electrons. The van der Waals surface area contributed by atoms with Crippen LogP contribution >= 0.6 is 0 Å². The molecule has 2 saturated heterocycles. The fourth-order valence-electron chi connectivity index (χ4n) is 10.5. The second kappa shape index (κ2) is 27.1. The molecule has 2 aliphatic heterocycles. The van der Waals surface area contributed by atoms with Gasteiger partial charge in [0.2, 0.25) is 0 Å². The number of amides is 1. The molecule has 6 atom stereocenters. The molecule has 14 nitrogen and oxygen atoms in total.